The lowest BCUT2D eigenvalue weighted by Crippen LogP contribution is -2.28. The highest BCUT2D eigenvalue weighted by Crippen LogP contribution is 2.13. The molecule has 0 spiro atoms. The average molecular weight is 262 g/mol. The van der Waals surface area contributed by atoms with Crippen LogP contribution in [0, 0.1) is 17.5 Å². The minimum atomic E-state index is -1.60. The Kier molecular flexibility index (Phi) is 5.60. The van der Waals surface area contributed by atoms with Crippen molar-refractivity contribution in [3.63, 3.8) is 0 Å². The zero-order valence-corrected chi connectivity index (χ0v) is 9.51. The van der Waals surface area contributed by atoms with Gasteiger partial charge in [0.1, 0.15) is 0 Å². The Morgan fingerprint density at radius 1 is 1.22 bits per heavy atom. The number of benzene rings is 1. The minimum Gasteiger partial charge on any atom is -0.378 e. The summed E-state index contributed by atoms with van der Waals surface area (Å²) in [5, 5.41) is 2.37. The molecule has 1 rings (SSSR count). The zero-order chi connectivity index (χ0) is 13.5. The van der Waals surface area contributed by atoms with E-state index in [0.717, 1.165) is 0 Å². The predicted molar refractivity (Wildman–Crippen MR) is 58.5 cm³/mol. The lowest BCUT2D eigenvalue weighted by molar-refractivity contribution is 0.0918. The Hall–Kier alpha value is -1.60. The summed E-state index contributed by atoms with van der Waals surface area (Å²) in [5.41, 5.74) is 4.89. The highest BCUT2D eigenvalue weighted by molar-refractivity contribution is 5.94. The molecule has 0 aliphatic carbocycles. The molecule has 1 aromatic rings. The fraction of sp³-hybridized carbons (Fsp3) is 0.364. The van der Waals surface area contributed by atoms with Gasteiger partial charge in [-0.1, -0.05) is 0 Å². The van der Waals surface area contributed by atoms with Crippen molar-refractivity contribution in [2.45, 2.75) is 0 Å². The summed E-state index contributed by atoms with van der Waals surface area (Å²) in [7, 11) is 0. The van der Waals surface area contributed by atoms with E-state index in [2.05, 4.69) is 5.32 Å². The minimum absolute atomic E-state index is 0.166. The molecule has 0 aliphatic heterocycles. The average Bonchev–Trinajstić information content (AvgIpc) is 2.34. The number of halogens is 3. The van der Waals surface area contributed by atoms with Crippen LogP contribution in [0.5, 0.6) is 0 Å². The van der Waals surface area contributed by atoms with E-state index in [-0.39, 0.29) is 18.7 Å². The molecule has 0 atom stereocenters. The van der Waals surface area contributed by atoms with Crippen molar-refractivity contribution in [1.29, 1.82) is 0 Å². The monoisotopic (exact) mass is 262 g/mol. The van der Waals surface area contributed by atoms with E-state index in [0.29, 0.717) is 25.3 Å². The normalized spacial score (nSPS) is 10.4. The van der Waals surface area contributed by atoms with Crippen LogP contribution in [0.15, 0.2) is 12.1 Å². The van der Waals surface area contributed by atoms with Gasteiger partial charge in [0.05, 0.1) is 13.2 Å². The predicted octanol–water partition coefficient (Wildman–Crippen LogP) is 0.809. The first-order valence-electron chi connectivity index (χ1n) is 5.26. The smallest absolute Gasteiger partial charge is 0.251 e. The third-order valence-corrected chi connectivity index (χ3v) is 2.04. The molecule has 0 fully saturated rings. The maximum atomic E-state index is 12.9. The first-order chi connectivity index (χ1) is 8.56. The lowest BCUT2D eigenvalue weighted by Gasteiger charge is -2.06. The van der Waals surface area contributed by atoms with Gasteiger partial charge in [-0.3, -0.25) is 4.79 Å². The van der Waals surface area contributed by atoms with Crippen LogP contribution in [-0.4, -0.2) is 32.2 Å². The van der Waals surface area contributed by atoms with Gasteiger partial charge in [-0.25, -0.2) is 13.2 Å². The second-order valence-corrected chi connectivity index (χ2v) is 3.41. The maximum absolute atomic E-state index is 12.9. The van der Waals surface area contributed by atoms with Gasteiger partial charge in [0, 0.05) is 18.7 Å². The molecular weight excluding hydrogens is 249 g/mol. The van der Waals surface area contributed by atoms with Crippen LogP contribution in [0.3, 0.4) is 0 Å². The van der Waals surface area contributed by atoms with E-state index in [4.69, 9.17) is 10.5 Å². The highest BCUT2D eigenvalue weighted by atomic mass is 19.2. The quantitative estimate of drug-likeness (QED) is 0.589. The van der Waals surface area contributed by atoms with E-state index in [1.54, 1.807) is 0 Å². The lowest BCUT2D eigenvalue weighted by atomic mass is 10.2. The van der Waals surface area contributed by atoms with Crippen molar-refractivity contribution in [2.75, 3.05) is 26.3 Å². The summed E-state index contributed by atoms with van der Waals surface area (Å²) in [6, 6.07) is 1.27. The molecule has 18 heavy (non-hydrogen) atoms. The summed E-state index contributed by atoms with van der Waals surface area (Å²) >= 11 is 0. The molecule has 1 aromatic carbocycles. The third-order valence-electron chi connectivity index (χ3n) is 2.04. The Labute approximate surface area is 102 Å². The number of nitrogens with two attached hydrogens (primary N) is 1. The number of ether oxygens (including phenoxy) is 1. The molecule has 0 saturated heterocycles. The highest BCUT2D eigenvalue weighted by Gasteiger charge is 2.14. The number of hydrogen-bond acceptors (Lipinski definition) is 3. The Morgan fingerprint density at radius 2 is 1.83 bits per heavy atom. The van der Waals surface area contributed by atoms with Crippen molar-refractivity contribution in [3.05, 3.63) is 35.1 Å². The summed E-state index contributed by atoms with van der Waals surface area (Å²) in [5.74, 6) is -5.11. The van der Waals surface area contributed by atoms with Crippen molar-refractivity contribution in [1.82, 2.24) is 5.32 Å². The Balaban J connectivity index is 2.52. The van der Waals surface area contributed by atoms with Gasteiger partial charge in [-0.05, 0) is 12.1 Å². The molecule has 0 bridgehead atoms. The summed E-state index contributed by atoms with van der Waals surface area (Å²) < 4.78 is 43.4. The van der Waals surface area contributed by atoms with Crippen LogP contribution >= 0.6 is 0 Å². The van der Waals surface area contributed by atoms with Crippen LogP contribution in [0.1, 0.15) is 10.4 Å². The molecule has 0 radical (unpaired) electrons. The van der Waals surface area contributed by atoms with Gasteiger partial charge in [-0.15, -0.1) is 0 Å². The fourth-order valence-electron chi connectivity index (χ4n) is 1.21. The SMILES string of the molecule is NCCOCCNC(=O)c1cc(F)c(F)c(F)c1. The second-order valence-electron chi connectivity index (χ2n) is 3.41. The van der Waals surface area contributed by atoms with E-state index in [9.17, 15) is 18.0 Å². The first-order valence-corrected chi connectivity index (χ1v) is 5.26. The van der Waals surface area contributed by atoms with E-state index >= 15 is 0 Å². The van der Waals surface area contributed by atoms with E-state index in [1.807, 2.05) is 0 Å². The van der Waals surface area contributed by atoms with Crippen LogP contribution in [0.25, 0.3) is 0 Å². The molecule has 0 aliphatic rings. The molecule has 7 heteroatoms. The van der Waals surface area contributed by atoms with Gasteiger partial charge >= 0.3 is 0 Å². The number of carbonyl (C=O) groups excluding carboxylic acids is 1. The largest absolute Gasteiger partial charge is 0.378 e. The topological polar surface area (TPSA) is 64.3 Å². The van der Waals surface area contributed by atoms with E-state index < -0.39 is 23.4 Å². The fourth-order valence-corrected chi connectivity index (χ4v) is 1.21. The van der Waals surface area contributed by atoms with Crippen LogP contribution in [-0.2, 0) is 4.74 Å². The van der Waals surface area contributed by atoms with Crippen molar-refractivity contribution >= 4 is 5.91 Å². The number of rotatable bonds is 6. The molecule has 0 heterocycles. The number of amides is 1. The number of hydrogen-bond donors (Lipinski definition) is 2. The third kappa shape index (κ3) is 4.01. The molecular formula is C11H13F3N2O2. The maximum Gasteiger partial charge on any atom is 0.251 e. The summed E-state index contributed by atoms with van der Waals surface area (Å²) in [6.45, 7) is 1.12. The van der Waals surface area contributed by atoms with Crippen LogP contribution < -0.4 is 11.1 Å². The van der Waals surface area contributed by atoms with Gasteiger partial charge in [0.2, 0.25) is 0 Å². The van der Waals surface area contributed by atoms with Crippen molar-refractivity contribution in [2.24, 2.45) is 5.73 Å². The Morgan fingerprint density at radius 3 is 2.39 bits per heavy atom. The molecule has 3 N–H and O–H groups in total. The Bertz CT molecular complexity index is 404. The van der Waals surface area contributed by atoms with Crippen molar-refractivity contribution in [3.8, 4) is 0 Å². The molecule has 100 valence electrons. The molecule has 1 amide bonds. The molecule has 0 saturated carbocycles. The van der Waals surface area contributed by atoms with Gasteiger partial charge in [0.25, 0.3) is 5.91 Å². The molecule has 0 unspecified atom stereocenters. The second kappa shape index (κ2) is 6.97. The molecule has 4 nitrogen and oxygen atoms in total. The summed E-state index contributed by atoms with van der Waals surface area (Å²) in [6.07, 6.45) is 0. The zero-order valence-electron chi connectivity index (χ0n) is 9.51. The van der Waals surface area contributed by atoms with Gasteiger partial charge in [-0.2, -0.15) is 0 Å². The van der Waals surface area contributed by atoms with Crippen LogP contribution in [0.2, 0.25) is 0 Å². The first kappa shape index (κ1) is 14.5. The van der Waals surface area contributed by atoms with Gasteiger partial charge < -0.3 is 15.8 Å². The number of carbonyl (C=O) groups is 1. The number of nitrogens with one attached hydrogen (secondary N) is 1. The van der Waals surface area contributed by atoms with Crippen molar-refractivity contribution < 1.29 is 22.7 Å². The van der Waals surface area contributed by atoms with E-state index in [1.165, 1.54) is 0 Å². The standard InChI is InChI=1S/C11H13F3N2O2/c12-8-5-7(6-9(13)10(8)14)11(17)16-2-4-18-3-1-15/h5-6H,1-4,15H2,(H,16,17). The molecule has 0 aromatic heterocycles. The van der Waals surface area contributed by atoms with Crippen LogP contribution in [0.4, 0.5) is 13.2 Å². The summed E-state index contributed by atoms with van der Waals surface area (Å²) in [4.78, 5) is 11.4. The van der Waals surface area contributed by atoms with Gasteiger partial charge in [0.15, 0.2) is 17.5 Å².